The molecule has 0 aromatic carbocycles. The van der Waals surface area contributed by atoms with Gasteiger partial charge < -0.3 is 15.4 Å². The number of aromatic nitrogens is 2. The molecule has 1 aromatic rings. The summed E-state index contributed by atoms with van der Waals surface area (Å²) in [5.41, 5.74) is 1.07. The lowest BCUT2D eigenvalue weighted by atomic mass is 10.2. The molecule has 2 N–H and O–H groups in total. The van der Waals surface area contributed by atoms with Gasteiger partial charge in [-0.3, -0.25) is 0 Å². The monoisotopic (exact) mass is 294 g/mol. The molecule has 5 nitrogen and oxygen atoms in total. The van der Waals surface area contributed by atoms with Crippen molar-refractivity contribution in [1.82, 2.24) is 9.97 Å². The predicted molar refractivity (Wildman–Crippen MR) is 89.1 cm³/mol. The maximum absolute atomic E-state index is 5.59. The van der Waals surface area contributed by atoms with Crippen molar-refractivity contribution < 1.29 is 4.74 Å². The summed E-state index contributed by atoms with van der Waals surface area (Å²) in [5, 5.41) is 6.55. The van der Waals surface area contributed by atoms with Gasteiger partial charge in [0, 0.05) is 38.8 Å². The second kappa shape index (κ2) is 9.55. The Labute approximate surface area is 128 Å². The van der Waals surface area contributed by atoms with Crippen LogP contribution >= 0.6 is 0 Å². The van der Waals surface area contributed by atoms with Gasteiger partial charge in [0.05, 0.1) is 0 Å². The van der Waals surface area contributed by atoms with E-state index in [1.165, 1.54) is 0 Å². The number of ether oxygens (including phenoxy) is 1. The van der Waals surface area contributed by atoms with Crippen LogP contribution in [0.3, 0.4) is 0 Å². The quantitative estimate of drug-likeness (QED) is 0.649. The fourth-order valence-corrected chi connectivity index (χ4v) is 2.01. The predicted octanol–water partition coefficient (Wildman–Crippen LogP) is 3.25. The van der Waals surface area contributed by atoms with E-state index in [1.54, 1.807) is 0 Å². The Morgan fingerprint density at radius 1 is 1.19 bits per heavy atom. The summed E-state index contributed by atoms with van der Waals surface area (Å²) in [4.78, 5) is 9.14. The molecule has 0 amide bonds. The molecule has 0 saturated carbocycles. The Hall–Kier alpha value is -1.36. The second-order valence-corrected chi connectivity index (χ2v) is 5.71. The van der Waals surface area contributed by atoms with Crippen molar-refractivity contribution in [3.63, 3.8) is 0 Å². The molecule has 5 heteroatoms. The highest BCUT2D eigenvalue weighted by molar-refractivity contribution is 5.56. The summed E-state index contributed by atoms with van der Waals surface area (Å²) in [6.07, 6.45) is 2.93. The zero-order valence-corrected chi connectivity index (χ0v) is 14.1. The third-order valence-electron chi connectivity index (χ3n) is 3.11. The minimum Gasteiger partial charge on any atom is -0.381 e. The molecule has 1 aromatic heterocycles. The first-order chi connectivity index (χ1) is 10.1. The van der Waals surface area contributed by atoms with E-state index in [-0.39, 0.29) is 0 Å². The summed E-state index contributed by atoms with van der Waals surface area (Å²) in [6, 6.07) is 0. The topological polar surface area (TPSA) is 59.1 Å². The van der Waals surface area contributed by atoms with Gasteiger partial charge in [0.15, 0.2) is 0 Å². The normalized spacial score (nSPS) is 11.0. The van der Waals surface area contributed by atoms with Crippen LogP contribution in [-0.2, 0) is 11.2 Å². The molecule has 0 atom stereocenters. The van der Waals surface area contributed by atoms with Gasteiger partial charge in [0.25, 0.3) is 0 Å². The average molecular weight is 294 g/mol. The highest BCUT2D eigenvalue weighted by Gasteiger charge is 2.09. The zero-order valence-electron chi connectivity index (χ0n) is 14.1. The van der Waals surface area contributed by atoms with Crippen molar-refractivity contribution in [2.24, 2.45) is 5.92 Å². The number of nitrogens with zero attached hydrogens (tertiary/aromatic N) is 2. The summed E-state index contributed by atoms with van der Waals surface area (Å²) >= 11 is 0. The fourth-order valence-electron chi connectivity index (χ4n) is 2.01. The third-order valence-corrected chi connectivity index (χ3v) is 3.11. The van der Waals surface area contributed by atoms with Crippen LogP contribution in [0.5, 0.6) is 0 Å². The number of aryl methyl sites for hydroxylation is 1. The van der Waals surface area contributed by atoms with Crippen molar-refractivity contribution in [2.75, 3.05) is 37.4 Å². The standard InChI is InChI=1S/C16H30N4O/c1-6-8-14-19-15(17-5)13(4)16(20-14)18-9-7-10-21-11-12(2)3/h12H,6-11H2,1-5H3,(H2,17,18,19,20). The van der Waals surface area contributed by atoms with Crippen LogP contribution in [0.4, 0.5) is 11.6 Å². The SMILES string of the molecule is CCCc1nc(NC)c(C)c(NCCCOCC(C)C)n1. The molecule has 0 radical (unpaired) electrons. The largest absolute Gasteiger partial charge is 0.381 e. The molecule has 0 unspecified atom stereocenters. The van der Waals surface area contributed by atoms with E-state index >= 15 is 0 Å². The molecule has 21 heavy (non-hydrogen) atoms. The lowest BCUT2D eigenvalue weighted by Crippen LogP contribution is -2.12. The van der Waals surface area contributed by atoms with Crippen molar-refractivity contribution in [2.45, 2.75) is 47.0 Å². The first-order valence-electron chi connectivity index (χ1n) is 7.95. The van der Waals surface area contributed by atoms with E-state index < -0.39 is 0 Å². The molecule has 0 aliphatic heterocycles. The molecule has 120 valence electrons. The molecule has 0 aliphatic rings. The summed E-state index contributed by atoms with van der Waals surface area (Å²) in [5.74, 6) is 3.33. The van der Waals surface area contributed by atoms with Crippen molar-refractivity contribution in [1.29, 1.82) is 0 Å². The van der Waals surface area contributed by atoms with Gasteiger partial charge in [-0.25, -0.2) is 9.97 Å². The third kappa shape index (κ3) is 6.29. The number of rotatable bonds is 10. The Kier molecular flexibility index (Phi) is 8.05. The van der Waals surface area contributed by atoms with Crippen LogP contribution < -0.4 is 10.6 Å². The average Bonchev–Trinajstić information content (AvgIpc) is 2.45. The molecule has 1 heterocycles. The molecule has 0 spiro atoms. The summed E-state index contributed by atoms with van der Waals surface area (Å²) < 4.78 is 5.59. The van der Waals surface area contributed by atoms with Gasteiger partial charge >= 0.3 is 0 Å². The van der Waals surface area contributed by atoms with Gasteiger partial charge in [0.2, 0.25) is 0 Å². The molecular weight excluding hydrogens is 264 g/mol. The first-order valence-corrected chi connectivity index (χ1v) is 7.95. The number of hydrogen-bond acceptors (Lipinski definition) is 5. The number of hydrogen-bond donors (Lipinski definition) is 2. The van der Waals surface area contributed by atoms with Gasteiger partial charge in [-0.15, -0.1) is 0 Å². The molecular formula is C16H30N4O. The lowest BCUT2D eigenvalue weighted by molar-refractivity contribution is 0.110. The highest BCUT2D eigenvalue weighted by atomic mass is 16.5. The van der Waals surface area contributed by atoms with Crippen LogP contribution in [0.25, 0.3) is 0 Å². The van der Waals surface area contributed by atoms with Gasteiger partial charge in [0.1, 0.15) is 17.5 Å². The van der Waals surface area contributed by atoms with Crippen LogP contribution in [0.1, 0.15) is 45.0 Å². The zero-order chi connectivity index (χ0) is 15.7. The van der Waals surface area contributed by atoms with Gasteiger partial charge in [-0.1, -0.05) is 20.8 Å². The summed E-state index contributed by atoms with van der Waals surface area (Å²) in [7, 11) is 1.90. The Morgan fingerprint density at radius 3 is 2.52 bits per heavy atom. The van der Waals surface area contributed by atoms with Crippen LogP contribution in [-0.4, -0.2) is 36.8 Å². The molecule has 0 saturated heterocycles. The second-order valence-electron chi connectivity index (χ2n) is 5.71. The number of nitrogens with one attached hydrogen (secondary N) is 2. The molecule has 0 bridgehead atoms. The smallest absolute Gasteiger partial charge is 0.134 e. The van der Waals surface area contributed by atoms with Crippen molar-refractivity contribution >= 4 is 11.6 Å². The van der Waals surface area contributed by atoms with E-state index in [0.717, 1.165) is 62.0 Å². The molecule has 0 fully saturated rings. The van der Waals surface area contributed by atoms with E-state index in [4.69, 9.17) is 4.74 Å². The van der Waals surface area contributed by atoms with Crippen molar-refractivity contribution in [3.05, 3.63) is 11.4 Å². The maximum atomic E-state index is 5.59. The van der Waals surface area contributed by atoms with Crippen LogP contribution in [0, 0.1) is 12.8 Å². The Bertz CT molecular complexity index is 421. The van der Waals surface area contributed by atoms with E-state index in [0.29, 0.717) is 5.92 Å². The van der Waals surface area contributed by atoms with E-state index in [9.17, 15) is 0 Å². The van der Waals surface area contributed by atoms with E-state index in [2.05, 4.69) is 41.4 Å². The summed E-state index contributed by atoms with van der Waals surface area (Å²) in [6.45, 7) is 11.0. The van der Waals surface area contributed by atoms with Crippen LogP contribution in [0.15, 0.2) is 0 Å². The Balaban J connectivity index is 2.51. The minimum absolute atomic E-state index is 0.594. The van der Waals surface area contributed by atoms with Crippen LogP contribution in [0.2, 0.25) is 0 Å². The van der Waals surface area contributed by atoms with Gasteiger partial charge in [-0.05, 0) is 25.7 Å². The lowest BCUT2D eigenvalue weighted by Gasteiger charge is -2.14. The highest BCUT2D eigenvalue weighted by Crippen LogP contribution is 2.20. The maximum Gasteiger partial charge on any atom is 0.134 e. The van der Waals surface area contributed by atoms with Crippen molar-refractivity contribution in [3.8, 4) is 0 Å². The van der Waals surface area contributed by atoms with E-state index in [1.807, 2.05) is 14.0 Å². The first kappa shape index (κ1) is 17.7. The Morgan fingerprint density at radius 2 is 1.90 bits per heavy atom. The number of anilines is 2. The van der Waals surface area contributed by atoms with Gasteiger partial charge in [-0.2, -0.15) is 0 Å². The fraction of sp³-hybridized carbons (Fsp3) is 0.750. The molecule has 1 rings (SSSR count). The molecule has 0 aliphatic carbocycles. The minimum atomic E-state index is 0.594.